The van der Waals surface area contributed by atoms with Crippen LogP contribution in [0.5, 0.6) is 17.2 Å². The summed E-state index contributed by atoms with van der Waals surface area (Å²) < 4.78 is 17.0. The third-order valence-electron chi connectivity index (χ3n) is 6.12. The number of carbonyl (C=O) groups excluding carboxylic acids is 2. The number of hydrogen-bond acceptors (Lipinski definition) is 6. The molecule has 3 heterocycles. The maximum atomic E-state index is 13.8. The summed E-state index contributed by atoms with van der Waals surface area (Å²) in [6, 6.07) is 14.8. The van der Waals surface area contributed by atoms with E-state index >= 15 is 0 Å². The first-order chi connectivity index (χ1) is 17.6. The monoisotopic (exact) mass is 486 g/mol. The number of fused-ring (bicyclic) bond motifs is 1. The van der Waals surface area contributed by atoms with Gasteiger partial charge in [0.1, 0.15) is 19.0 Å². The molecule has 0 saturated carbocycles. The second-order valence-electron chi connectivity index (χ2n) is 8.60. The number of pyridine rings is 1. The molecule has 8 nitrogen and oxygen atoms in total. The zero-order valence-electron chi connectivity index (χ0n) is 19.9. The summed E-state index contributed by atoms with van der Waals surface area (Å²) in [5, 5.41) is 13.8. The number of amides is 1. The lowest BCUT2D eigenvalue weighted by atomic mass is 9.95. The Morgan fingerprint density at radius 3 is 2.61 bits per heavy atom. The standard InChI is InChI=1S/C28H26N2O6/c1-2-12-34-21-5-3-4-19(15-21)25-24(26(31)20-6-7-22-23(16-20)36-14-13-35-22)27(32)28(33)30(25)17-18-8-10-29-11-9-18/h3-11,15-16,25,31H,2,12-14,17H2,1H3. The van der Waals surface area contributed by atoms with Gasteiger partial charge >= 0.3 is 0 Å². The lowest BCUT2D eigenvalue weighted by Gasteiger charge is -2.28. The summed E-state index contributed by atoms with van der Waals surface area (Å²) in [5.41, 5.74) is 1.62. The summed E-state index contributed by atoms with van der Waals surface area (Å²) in [5.74, 6) is -0.443. The Morgan fingerprint density at radius 2 is 1.83 bits per heavy atom. The van der Waals surface area contributed by atoms with Gasteiger partial charge in [-0.1, -0.05) is 30.9 Å². The summed E-state index contributed by atoms with van der Waals surface area (Å²) in [6.07, 6.45) is 4.33. The molecule has 1 unspecified atom stereocenters. The van der Waals surface area contributed by atoms with Gasteiger partial charge in [-0.25, -0.2) is 4.98 Å². The third kappa shape index (κ3) is 4.49. The number of ketones is 1. The first-order valence-electron chi connectivity index (χ1n) is 11.9. The van der Waals surface area contributed by atoms with Crippen LogP contribution >= 0.6 is 0 Å². The Bertz CT molecular complexity index is 1320. The van der Waals surface area contributed by atoms with E-state index in [2.05, 4.69) is 4.98 Å². The lowest BCUT2D eigenvalue weighted by molar-refractivity contribution is -0.378. The Labute approximate surface area is 208 Å². The average molecular weight is 487 g/mol. The van der Waals surface area contributed by atoms with Crippen LogP contribution in [0.1, 0.15) is 36.1 Å². The van der Waals surface area contributed by atoms with Crippen LogP contribution in [0, 0.1) is 0 Å². The summed E-state index contributed by atoms with van der Waals surface area (Å²) in [4.78, 5) is 31.0. The van der Waals surface area contributed by atoms with Crippen molar-refractivity contribution in [2.24, 2.45) is 0 Å². The van der Waals surface area contributed by atoms with E-state index < -0.39 is 23.5 Å². The first kappa shape index (κ1) is 23.4. The molecule has 36 heavy (non-hydrogen) atoms. The van der Waals surface area contributed by atoms with Crippen LogP contribution < -0.4 is 24.3 Å². The van der Waals surface area contributed by atoms with Gasteiger partial charge in [-0.3, -0.25) is 9.59 Å². The molecule has 3 aromatic rings. The minimum atomic E-state index is -0.861. The van der Waals surface area contributed by atoms with Crippen molar-refractivity contribution in [3.05, 3.63) is 89.3 Å². The molecule has 0 aliphatic carbocycles. The number of nitrogens with one attached hydrogen (secondary N) is 1. The molecule has 2 aromatic carbocycles. The highest BCUT2D eigenvalue weighted by atomic mass is 16.6. The van der Waals surface area contributed by atoms with Crippen LogP contribution in [0.15, 0.2) is 72.6 Å². The summed E-state index contributed by atoms with van der Waals surface area (Å²) >= 11 is 0. The van der Waals surface area contributed by atoms with E-state index in [1.165, 1.54) is 4.90 Å². The molecule has 1 saturated heterocycles. The molecule has 0 radical (unpaired) electrons. The van der Waals surface area contributed by atoms with E-state index in [0.717, 1.165) is 12.0 Å². The fourth-order valence-electron chi connectivity index (χ4n) is 4.44. The number of likely N-dealkylation sites (tertiary alicyclic amines) is 1. The number of aromatic nitrogens is 1. The molecular weight excluding hydrogens is 460 g/mol. The number of Topliss-reactive ketones (excluding diaryl/α,β-unsaturated/α-hetero) is 1. The van der Waals surface area contributed by atoms with Crippen LogP contribution in [0.3, 0.4) is 0 Å². The van der Waals surface area contributed by atoms with E-state index in [1.54, 1.807) is 48.8 Å². The van der Waals surface area contributed by atoms with Gasteiger partial charge in [-0.05, 0) is 47.4 Å². The highest BCUT2D eigenvalue weighted by molar-refractivity contribution is 6.46. The van der Waals surface area contributed by atoms with Gasteiger partial charge < -0.3 is 24.2 Å². The number of aromatic amines is 1. The van der Waals surface area contributed by atoms with Crippen molar-refractivity contribution in [3.8, 4) is 17.2 Å². The van der Waals surface area contributed by atoms with E-state index in [4.69, 9.17) is 14.2 Å². The highest BCUT2D eigenvalue weighted by Crippen LogP contribution is 2.41. The molecule has 184 valence electrons. The molecule has 1 fully saturated rings. The average Bonchev–Trinajstić information content (AvgIpc) is 3.17. The Morgan fingerprint density at radius 1 is 1.06 bits per heavy atom. The van der Waals surface area contributed by atoms with Gasteiger partial charge in [-0.2, -0.15) is 0 Å². The molecule has 8 heteroatoms. The number of nitrogens with zero attached hydrogens (tertiary/aromatic N) is 1. The second kappa shape index (κ2) is 10.1. The van der Waals surface area contributed by atoms with Crippen molar-refractivity contribution in [1.82, 2.24) is 4.90 Å². The van der Waals surface area contributed by atoms with Crippen LogP contribution in [0.2, 0.25) is 0 Å². The molecule has 1 aromatic heterocycles. The second-order valence-corrected chi connectivity index (χ2v) is 8.60. The zero-order valence-corrected chi connectivity index (χ0v) is 19.9. The quantitative estimate of drug-likeness (QED) is 0.289. The van der Waals surface area contributed by atoms with Crippen molar-refractivity contribution < 1.29 is 33.9 Å². The first-order valence-corrected chi connectivity index (χ1v) is 11.9. The van der Waals surface area contributed by atoms with Crippen LogP contribution in [0.4, 0.5) is 0 Å². The number of carbonyl (C=O) groups is 2. The Hall–Kier alpha value is -4.33. The van der Waals surface area contributed by atoms with E-state index in [9.17, 15) is 14.7 Å². The van der Waals surface area contributed by atoms with E-state index in [-0.39, 0.29) is 17.7 Å². The van der Waals surface area contributed by atoms with Crippen molar-refractivity contribution in [2.45, 2.75) is 25.9 Å². The Kier molecular flexibility index (Phi) is 6.58. The largest absolute Gasteiger partial charge is 0.872 e. The van der Waals surface area contributed by atoms with Gasteiger partial charge in [0.25, 0.3) is 5.91 Å². The molecule has 1 amide bonds. The van der Waals surface area contributed by atoms with Crippen molar-refractivity contribution in [2.75, 3.05) is 19.8 Å². The zero-order chi connectivity index (χ0) is 25.1. The normalized spacial score (nSPS) is 18.4. The topological polar surface area (TPSA) is 102 Å². The van der Waals surface area contributed by atoms with Gasteiger partial charge in [0.2, 0.25) is 5.78 Å². The predicted molar refractivity (Wildman–Crippen MR) is 128 cm³/mol. The van der Waals surface area contributed by atoms with Crippen LogP contribution in [-0.2, 0) is 16.1 Å². The van der Waals surface area contributed by atoms with Crippen LogP contribution in [-0.4, -0.2) is 36.4 Å². The number of hydrogen-bond donors (Lipinski definition) is 0. The summed E-state index contributed by atoms with van der Waals surface area (Å²) in [7, 11) is 0. The van der Waals surface area contributed by atoms with Gasteiger partial charge in [0.15, 0.2) is 23.9 Å². The molecule has 0 spiro atoms. The molecule has 2 aliphatic heterocycles. The summed E-state index contributed by atoms with van der Waals surface area (Å²) in [6.45, 7) is 3.50. The van der Waals surface area contributed by atoms with Crippen molar-refractivity contribution >= 4 is 17.4 Å². The molecule has 5 rings (SSSR count). The molecule has 0 bridgehead atoms. The molecule has 1 atom stereocenters. The predicted octanol–water partition coefficient (Wildman–Crippen LogP) is 2.48. The molecular formula is C28H26N2O6. The highest BCUT2D eigenvalue weighted by Gasteiger charge is 2.44. The van der Waals surface area contributed by atoms with E-state index in [1.807, 2.05) is 25.1 Å². The molecule has 2 aliphatic rings. The fourth-order valence-corrected chi connectivity index (χ4v) is 4.44. The van der Waals surface area contributed by atoms with Crippen molar-refractivity contribution in [3.63, 3.8) is 0 Å². The number of benzene rings is 2. The van der Waals surface area contributed by atoms with E-state index in [0.29, 0.717) is 42.6 Å². The fraction of sp³-hybridized carbons (Fsp3) is 0.250. The minimum Gasteiger partial charge on any atom is -0.872 e. The number of ether oxygens (including phenoxy) is 3. The van der Waals surface area contributed by atoms with Gasteiger partial charge in [0.05, 0.1) is 12.6 Å². The van der Waals surface area contributed by atoms with Gasteiger partial charge in [-0.15, -0.1) is 0 Å². The lowest BCUT2D eigenvalue weighted by Crippen LogP contribution is -2.29. The van der Waals surface area contributed by atoms with Crippen molar-refractivity contribution in [1.29, 1.82) is 0 Å². The maximum Gasteiger partial charge on any atom is 0.295 e. The van der Waals surface area contributed by atoms with Gasteiger partial charge in [0, 0.05) is 24.3 Å². The SMILES string of the molecule is CCCOc1cccc(C2C(=C([O-])c3ccc4c(c3)OCCO4)C(=O)C(=O)N2Cc2cc[nH+]cc2)c1. The smallest absolute Gasteiger partial charge is 0.295 e. The molecule has 1 N–H and O–H groups in total. The van der Waals surface area contributed by atoms with Crippen LogP contribution in [0.25, 0.3) is 5.76 Å². The Balaban J connectivity index is 1.62. The number of rotatable bonds is 7. The number of H-pyrrole nitrogens is 1. The minimum absolute atomic E-state index is 0.0909. The third-order valence-corrected chi connectivity index (χ3v) is 6.12. The maximum absolute atomic E-state index is 13.8.